The SMILES string of the molecule is CCCCCC1CCC(C2CCC(C(=O)Oc3ccc(C4CCC(CCC)CC4)c(F)c3F)CC2)CC1. The van der Waals surface area contributed by atoms with Crippen LogP contribution in [0.3, 0.4) is 0 Å². The van der Waals surface area contributed by atoms with Crippen molar-refractivity contribution in [3.63, 3.8) is 0 Å². The highest BCUT2D eigenvalue weighted by Gasteiger charge is 2.34. The van der Waals surface area contributed by atoms with Gasteiger partial charge >= 0.3 is 5.97 Å². The first-order valence-electron chi connectivity index (χ1n) is 15.7. The summed E-state index contributed by atoms with van der Waals surface area (Å²) in [5.41, 5.74) is 0.452. The normalized spacial score (nSPS) is 30.7. The van der Waals surface area contributed by atoms with Gasteiger partial charge in [-0.3, -0.25) is 4.79 Å². The molecular formula is C33H50F2O2. The average Bonchev–Trinajstić information content (AvgIpc) is 2.93. The Balaban J connectivity index is 1.23. The maximum atomic E-state index is 15.0. The van der Waals surface area contributed by atoms with Crippen molar-refractivity contribution in [2.45, 2.75) is 135 Å². The molecule has 3 aliphatic carbocycles. The molecule has 3 fully saturated rings. The molecule has 4 heteroatoms. The van der Waals surface area contributed by atoms with Gasteiger partial charge in [-0.25, -0.2) is 4.39 Å². The zero-order valence-corrected chi connectivity index (χ0v) is 23.4. The van der Waals surface area contributed by atoms with E-state index in [-0.39, 0.29) is 23.6 Å². The highest BCUT2D eigenvalue weighted by molar-refractivity contribution is 5.75. The van der Waals surface area contributed by atoms with Gasteiger partial charge in [0.05, 0.1) is 5.92 Å². The summed E-state index contributed by atoms with van der Waals surface area (Å²) in [6.07, 6.45) is 21.0. The molecule has 0 amide bonds. The lowest BCUT2D eigenvalue weighted by molar-refractivity contribution is -0.140. The van der Waals surface area contributed by atoms with Crippen LogP contribution in [0.2, 0.25) is 0 Å². The van der Waals surface area contributed by atoms with Crippen molar-refractivity contribution in [2.24, 2.45) is 29.6 Å². The van der Waals surface area contributed by atoms with Crippen molar-refractivity contribution in [1.82, 2.24) is 0 Å². The van der Waals surface area contributed by atoms with Gasteiger partial charge in [-0.2, -0.15) is 4.39 Å². The van der Waals surface area contributed by atoms with Gasteiger partial charge in [0.25, 0.3) is 0 Å². The topological polar surface area (TPSA) is 26.3 Å². The van der Waals surface area contributed by atoms with E-state index in [0.29, 0.717) is 11.5 Å². The van der Waals surface area contributed by atoms with E-state index in [4.69, 9.17) is 4.74 Å². The molecule has 0 bridgehead atoms. The zero-order chi connectivity index (χ0) is 26.2. The van der Waals surface area contributed by atoms with Crippen molar-refractivity contribution in [2.75, 3.05) is 0 Å². The molecule has 37 heavy (non-hydrogen) atoms. The van der Waals surface area contributed by atoms with Crippen LogP contribution in [0.5, 0.6) is 5.75 Å². The Hall–Kier alpha value is -1.45. The lowest BCUT2D eigenvalue weighted by Crippen LogP contribution is -2.30. The van der Waals surface area contributed by atoms with Gasteiger partial charge in [0, 0.05) is 0 Å². The number of hydrogen-bond acceptors (Lipinski definition) is 2. The molecule has 0 radical (unpaired) electrons. The standard InChI is InChI=1S/C33H50F2O2/c1-3-5-6-8-24-9-13-25(14-10-24)26-17-19-28(20-18-26)33(36)37-30-22-21-29(31(34)32(30)35)27-15-11-23(7-4-2)12-16-27/h21-28H,3-20H2,1-2H3. The van der Waals surface area contributed by atoms with Gasteiger partial charge in [-0.05, 0) is 105 Å². The fourth-order valence-corrected chi connectivity index (χ4v) is 7.76. The molecule has 0 aromatic heterocycles. The van der Waals surface area contributed by atoms with Gasteiger partial charge in [0.15, 0.2) is 11.6 Å². The van der Waals surface area contributed by atoms with Crippen molar-refractivity contribution in [3.8, 4) is 5.75 Å². The predicted octanol–water partition coefficient (Wildman–Crippen LogP) is 10.1. The molecule has 2 nitrogen and oxygen atoms in total. The summed E-state index contributed by atoms with van der Waals surface area (Å²) >= 11 is 0. The maximum Gasteiger partial charge on any atom is 0.314 e. The monoisotopic (exact) mass is 516 g/mol. The van der Waals surface area contributed by atoms with Crippen molar-refractivity contribution < 1.29 is 18.3 Å². The number of halogens is 2. The fraction of sp³-hybridized carbons (Fsp3) is 0.788. The smallest absolute Gasteiger partial charge is 0.314 e. The summed E-state index contributed by atoms with van der Waals surface area (Å²) in [7, 11) is 0. The van der Waals surface area contributed by atoms with Gasteiger partial charge in [0.2, 0.25) is 5.82 Å². The van der Waals surface area contributed by atoms with Crippen LogP contribution in [0.4, 0.5) is 8.78 Å². The van der Waals surface area contributed by atoms with Crippen LogP contribution in [0.25, 0.3) is 0 Å². The molecule has 0 saturated heterocycles. The average molecular weight is 517 g/mol. The lowest BCUT2D eigenvalue weighted by Gasteiger charge is -2.37. The molecule has 1 aromatic rings. The zero-order valence-electron chi connectivity index (χ0n) is 23.4. The van der Waals surface area contributed by atoms with Crippen LogP contribution < -0.4 is 4.74 Å². The predicted molar refractivity (Wildman–Crippen MR) is 147 cm³/mol. The van der Waals surface area contributed by atoms with Crippen LogP contribution in [0.1, 0.15) is 141 Å². The van der Waals surface area contributed by atoms with Crippen LogP contribution in [0, 0.1) is 41.2 Å². The van der Waals surface area contributed by atoms with Crippen LogP contribution >= 0.6 is 0 Å². The van der Waals surface area contributed by atoms with Gasteiger partial charge in [-0.15, -0.1) is 0 Å². The van der Waals surface area contributed by atoms with Crippen molar-refractivity contribution in [3.05, 3.63) is 29.3 Å². The number of rotatable bonds is 10. The summed E-state index contributed by atoms with van der Waals surface area (Å²) in [4.78, 5) is 12.9. The highest BCUT2D eigenvalue weighted by Crippen LogP contribution is 2.43. The third kappa shape index (κ3) is 7.57. The van der Waals surface area contributed by atoms with Crippen LogP contribution in [-0.2, 0) is 4.79 Å². The van der Waals surface area contributed by atoms with Crippen LogP contribution in [-0.4, -0.2) is 5.97 Å². The molecule has 0 aliphatic heterocycles. The minimum absolute atomic E-state index is 0.0639. The minimum atomic E-state index is -0.995. The molecular weight excluding hydrogens is 466 g/mol. The Morgan fingerprint density at radius 1 is 0.730 bits per heavy atom. The number of ether oxygens (including phenoxy) is 1. The third-order valence-corrected chi connectivity index (χ3v) is 10.1. The third-order valence-electron chi connectivity index (χ3n) is 10.1. The Morgan fingerprint density at radius 2 is 1.32 bits per heavy atom. The Kier molecular flexibility index (Phi) is 10.9. The molecule has 0 N–H and O–H groups in total. The number of esters is 1. The summed E-state index contributed by atoms with van der Waals surface area (Å²) in [6, 6.07) is 3.13. The second-order valence-corrected chi connectivity index (χ2v) is 12.6. The minimum Gasteiger partial charge on any atom is -0.423 e. The van der Waals surface area contributed by atoms with E-state index in [2.05, 4.69) is 13.8 Å². The first kappa shape index (κ1) is 28.6. The van der Waals surface area contributed by atoms with Gasteiger partial charge in [-0.1, -0.05) is 71.3 Å². The number of carbonyl (C=O) groups is 1. The molecule has 4 rings (SSSR count). The lowest BCUT2D eigenvalue weighted by atomic mass is 9.68. The molecule has 0 spiro atoms. The highest BCUT2D eigenvalue weighted by atomic mass is 19.2. The second kappa shape index (κ2) is 14.1. The molecule has 0 unspecified atom stereocenters. The fourth-order valence-electron chi connectivity index (χ4n) is 7.76. The molecule has 0 atom stereocenters. The number of benzene rings is 1. The molecule has 1 aromatic carbocycles. The first-order chi connectivity index (χ1) is 18.0. The van der Waals surface area contributed by atoms with E-state index in [1.807, 2.05) is 0 Å². The Morgan fingerprint density at radius 3 is 1.95 bits per heavy atom. The van der Waals surface area contributed by atoms with Crippen molar-refractivity contribution in [1.29, 1.82) is 0 Å². The number of unbranched alkanes of at least 4 members (excludes halogenated alkanes) is 2. The van der Waals surface area contributed by atoms with E-state index >= 15 is 0 Å². The quantitative estimate of drug-likeness (QED) is 0.176. The van der Waals surface area contributed by atoms with E-state index in [1.54, 1.807) is 6.07 Å². The molecule has 208 valence electrons. The molecule has 3 aliphatic rings. The Labute approximate surface area is 224 Å². The Bertz CT molecular complexity index is 844. The number of hydrogen-bond donors (Lipinski definition) is 0. The van der Waals surface area contributed by atoms with E-state index in [0.717, 1.165) is 69.1 Å². The molecule has 3 saturated carbocycles. The van der Waals surface area contributed by atoms with Crippen LogP contribution in [0.15, 0.2) is 12.1 Å². The molecule has 0 heterocycles. The summed E-state index contributed by atoms with van der Waals surface area (Å²) in [5, 5.41) is 0. The first-order valence-corrected chi connectivity index (χ1v) is 15.7. The summed E-state index contributed by atoms with van der Waals surface area (Å²) in [6.45, 7) is 4.47. The van der Waals surface area contributed by atoms with E-state index in [9.17, 15) is 13.6 Å². The maximum absolute atomic E-state index is 15.0. The summed E-state index contributed by atoms with van der Waals surface area (Å²) < 4.78 is 35.4. The second-order valence-electron chi connectivity index (χ2n) is 12.6. The van der Waals surface area contributed by atoms with E-state index < -0.39 is 11.6 Å². The van der Waals surface area contributed by atoms with Gasteiger partial charge in [0.1, 0.15) is 0 Å². The van der Waals surface area contributed by atoms with Crippen molar-refractivity contribution >= 4 is 5.97 Å². The summed E-state index contributed by atoms with van der Waals surface area (Å²) in [5.74, 6) is 0.577. The van der Waals surface area contributed by atoms with Gasteiger partial charge < -0.3 is 4.74 Å². The largest absolute Gasteiger partial charge is 0.423 e. The van der Waals surface area contributed by atoms with E-state index in [1.165, 1.54) is 70.3 Å². The number of carbonyl (C=O) groups excluding carboxylic acids is 1.